The van der Waals surface area contributed by atoms with Crippen LogP contribution in [0, 0.1) is 5.82 Å². The molecule has 0 bridgehead atoms. The number of ketones is 1. The second kappa shape index (κ2) is 7.11. The van der Waals surface area contributed by atoms with Gasteiger partial charge in [-0.05, 0) is 64.3 Å². The van der Waals surface area contributed by atoms with Crippen molar-refractivity contribution in [2.24, 2.45) is 0 Å². The van der Waals surface area contributed by atoms with Gasteiger partial charge in [0.2, 0.25) is 0 Å². The normalized spacial score (nSPS) is 18.6. The quantitative estimate of drug-likeness (QED) is 0.784. The molecule has 1 heterocycles. The molecule has 1 fully saturated rings. The second-order valence-electron chi connectivity index (χ2n) is 6.96. The number of nitrogens with zero attached hydrogens (tertiary/aromatic N) is 1. The number of amides is 1. The van der Waals surface area contributed by atoms with E-state index in [0.29, 0.717) is 12.1 Å². The number of benzene rings is 1. The molecule has 1 amide bonds. The third kappa shape index (κ3) is 5.05. The van der Waals surface area contributed by atoms with Crippen LogP contribution < -0.4 is 0 Å². The third-order valence-corrected chi connectivity index (χ3v) is 3.84. The molecule has 1 aromatic carbocycles. The highest BCUT2D eigenvalue weighted by atomic mass is 19.1. The van der Waals surface area contributed by atoms with Crippen LogP contribution in [-0.4, -0.2) is 35.0 Å². The molecule has 0 aromatic heterocycles. The number of likely N-dealkylation sites (tertiary alicyclic amines) is 1. The van der Waals surface area contributed by atoms with E-state index in [1.54, 1.807) is 4.90 Å². The summed E-state index contributed by atoms with van der Waals surface area (Å²) >= 11 is 0. The Bertz CT molecular complexity index is 563. The Kier molecular flexibility index (Phi) is 5.39. The van der Waals surface area contributed by atoms with E-state index in [4.69, 9.17) is 4.74 Å². The van der Waals surface area contributed by atoms with Crippen molar-refractivity contribution >= 4 is 11.9 Å². The molecule has 126 valence electrons. The minimum Gasteiger partial charge on any atom is -0.444 e. The molecule has 4 nitrogen and oxygen atoms in total. The summed E-state index contributed by atoms with van der Waals surface area (Å²) in [6.45, 7) is 6.09. The maximum atomic E-state index is 13.0. The molecule has 1 aliphatic heterocycles. The van der Waals surface area contributed by atoms with Gasteiger partial charge in [-0.2, -0.15) is 0 Å². The zero-order valence-electron chi connectivity index (χ0n) is 14.0. The van der Waals surface area contributed by atoms with Crippen LogP contribution in [0.1, 0.15) is 56.8 Å². The lowest BCUT2D eigenvalue weighted by Crippen LogP contribution is -2.46. The predicted molar refractivity (Wildman–Crippen MR) is 85.9 cm³/mol. The maximum Gasteiger partial charge on any atom is 0.410 e. The van der Waals surface area contributed by atoms with Crippen molar-refractivity contribution in [3.63, 3.8) is 0 Å². The monoisotopic (exact) mass is 321 g/mol. The van der Waals surface area contributed by atoms with Gasteiger partial charge in [0.15, 0.2) is 5.78 Å². The first-order chi connectivity index (χ1) is 10.8. The second-order valence-corrected chi connectivity index (χ2v) is 6.96. The van der Waals surface area contributed by atoms with Crippen molar-refractivity contribution in [2.75, 3.05) is 6.54 Å². The maximum absolute atomic E-state index is 13.0. The van der Waals surface area contributed by atoms with E-state index in [1.165, 1.54) is 24.3 Å². The SMILES string of the molecule is CC(C)(C)OC(=O)N1CCCCC1CC(=O)c1ccc(F)cc1. The first-order valence-electron chi connectivity index (χ1n) is 8.04. The van der Waals surface area contributed by atoms with Gasteiger partial charge in [-0.3, -0.25) is 4.79 Å². The van der Waals surface area contributed by atoms with E-state index >= 15 is 0 Å². The first kappa shape index (κ1) is 17.4. The Hall–Kier alpha value is -1.91. The fourth-order valence-electron chi connectivity index (χ4n) is 2.74. The summed E-state index contributed by atoms with van der Waals surface area (Å²) in [5.41, 5.74) is -0.0823. The smallest absolute Gasteiger partial charge is 0.410 e. The number of rotatable bonds is 3. The van der Waals surface area contributed by atoms with Crippen LogP contribution in [0.4, 0.5) is 9.18 Å². The molecule has 0 N–H and O–H groups in total. The largest absolute Gasteiger partial charge is 0.444 e. The molecule has 1 atom stereocenters. The first-order valence-corrected chi connectivity index (χ1v) is 8.04. The van der Waals surface area contributed by atoms with E-state index in [-0.39, 0.29) is 30.2 Å². The Balaban J connectivity index is 2.04. The Morgan fingerprint density at radius 2 is 1.87 bits per heavy atom. The molecule has 1 saturated heterocycles. The van der Waals surface area contributed by atoms with Crippen molar-refractivity contribution in [3.8, 4) is 0 Å². The van der Waals surface area contributed by atoms with Gasteiger partial charge >= 0.3 is 6.09 Å². The highest BCUT2D eigenvalue weighted by Crippen LogP contribution is 2.24. The van der Waals surface area contributed by atoms with Crippen LogP contribution in [-0.2, 0) is 4.74 Å². The molecular weight excluding hydrogens is 297 g/mol. The van der Waals surface area contributed by atoms with Gasteiger partial charge < -0.3 is 9.64 Å². The Labute approximate surface area is 136 Å². The van der Waals surface area contributed by atoms with Crippen LogP contribution in [0.15, 0.2) is 24.3 Å². The topological polar surface area (TPSA) is 46.6 Å². The summed E-state index contributed by atoms with van der Waals surface area (Å²) in [7, 11) is 0. The lowest BCUT2D eigenvalue weighted by Gasteiger charge is -2.36. The Morgan fingerprint density at radius 1 is 1.22 bits per heavy atom. The summed E-state index contributed by atoms with van der Waals surface area (Å²) in [5, 5.41) is 0. The molecule has 5 heteroatoms. The number of ether oxygens (including phenoxy) is 1. The minimum absolute atomic E-state index is 0.0783. The number of carbonyl (C=O) groups is 2. The number of carbonyl (C=O) groups excluding carboxylic acids is 2. The number of Topliss-reactive ketones (excluding diaryl/α,β-unsaturated/α-hetero) is 1. The molecule has 0 saturated carbocycles. The van der Waals surface area contributed by atoms with Gasteiger partial charge in [0, 0.05) is 24.6 Å². The van der Waals surface area contributed by atoms with Crippen LogP contribution in [0.2, 0.25) is 0 Å². The van der Waals surface area contributed by atoms with Gasteiger partial charge in [-0.25, -0.2) is 9.18 Å². The zero-order chi connectivity index (χ0) is 17.0. The van der Waals surface area contributed by atoms with E-state index in [1.807, 2.05) is 20.8 Å². The summed E-state index contributed by atoms with van der Waals surface area (Å²) < 4.78 is 18.4. The molecule has 0 radical (unpaired) electrons. The van der Waals surface area contributed by atoms with E-state index in [2.05, 4.69) is 0 Å². The molecule has 0 spiro atoms. The summed E-state index contributed by atoms with van der Waals surface area (Å²) in [5.74, 6) is -0.444. The number of hydrogen-bond acceptors (Lipinski definition) is 3. The van der Waals surface area contributed by atoms with Crippen molar-refractivity contribution in [2.45, 2.75) is 58.1 Å². The van der Waals surface area contributed by atoms with Crippen LogP contribution in [0.25, 0.3) is 0 Å². The summed E-state index contributed by atoms with van der Waals surface area (Å²) in [6.07, 6.45) is 2.56. The molecule has 0 aliphatic carbocycles. The van der Waals surface area contributed by atoms with Gasteiger partial charge in [-0.1, -0.05) is 0 Å². The standard InChI is InChI=1S/C18H24FNO3/c1-18(2,3)23-17(22)20-11-5-4-6-15(20)12-16(21)13-7-9-14(19)10-8-13/h7-10,15H,4-6,11-12H2,1-3H3. The fourth-order valence-corrected chi connectivity index (χ4v) is 2.74. The average Bonchev–Trinajstić information content (AvgIpc) is 2.46. The summed E-state index contributed by atoms with van der Waals surface area (Å²) in [4.78, 5) is 26.4. The van der Waals surface area contributed by atoms with Gasteiger partial charge in [-0.15, -0.1) is 0 Å². The molecule has 2 rings (SSSR count). The third-order valence-electron chi connectivity index (χ3n) is 3.84. The minimum atomic E-state index is -0.556. The van der Waals surface area contributed by atoms with Gasteiger partial charge in [0.05, 0.1) is 0 Å². The van der Waals surface area contributed by atoms with Crippen LogP contribution >= 0.6 is 0 Å². The van der Waals surface area contributed by atoms with Crippen molar-refractivity contribution in [1.29, 1.82) is 0 Å². The van der Waals surface area contributed by atoms with Gasteiger partial charge in [0.1, 0.15) is 11.4 Å². The molecular formula is C18H24FNO3. The number of halogens is 1. The Morgan fingerprint density at radius 3 is 2.48 bits per heavy atom. The van der Waals surface area contributed by atoms with Gasteiger partial charge in [0.25, 0.3) is 0 Å². The van der Waals surface area contributed by atoms with E-state index in [9.17, 15) is 14.0 Å². The molecule has 1 aliphatic rings. The molecule has 1 unspecified atom stereocenters. The summed E-state index contributed by atoms with van der Waals surface area (Å²) in [6, 6.07) is 5.37. The number of piperidine rings is 1. The number of hydrogen-bond donors (Lipinski definition) is 0. The molecule has 23 heavy (non-hydrogen) atoms. The molecule has 1 aromatic rings. The van der Waals surface area contributed by atoms with Crippen LogP contribution in [0.5, 0.6) is 0 Å². The zero-order valence-corrected chi connectivity index (χ0v) is 14.0. The highest BCUT2D eigenvalue weighted by Gasteiger charge is 2.31. The van der Waals surface area contributed by atoms with Crippen molar-refractivity contribution in [1.82, 2.24) is 4.90 Å². The van der Waals surface area contributed by atoms with Crippen molar-refractivity contribution < 1.29 is 18.7 Å². The van der Waals surface area contributed by atoms with E-state index in [0.717, 1.165) is 19.3 Å². The predicted octanol–water partition coefficient (Wildman–Crippen LogP) is 4.19. The lowest BCUT2D eigenvalue weighted by atomic mass is 9.95. The van der Waals surface area contributed by atoms with Crippen LogP contribution in [0.3, 0.4) is 0 Å². The van der Waals surface area contributed by atoms with E-state index < -0.39 is 5.60 Å². The highest BCUT2D eigenvalue weighted by molar-refractivity contribution is 5.96. The van der Waals surface area contributed by atoms with Crippen molar-refractivity contribution in [3.05, 3.63) is 35.6 Å². The lowest BCUT2D eigenvalue weighted by molar-refractivity contribution is 0.00946. The average molecular weight is 321 g/mol. The fraction of sp³-hybridized carbons (Fsp3) is 0.556.